The van der Waals surface area contributed by atoms with Gasteiger partial charge in [0.2, 0.25) is 0 Å². The van der Waals surface area contributed by atoms with Gasteiger partial charge < -0.3 is 20.5 Å². The fourth-order valence-corrected chi connectivity index (χ4v) is 2.32. The molecule has 6 nitrogen and oxygen atoms in total. The largest absolute Gasteiger partial charge is 0.506 e. The Bertz CT molecular complexity index is 569. The first kappa shape index (κ1) is 15.3. The van der Waals surface area contributed by atoms with Crippen molar-refractivity contribution in [2.75, 3.05) is 11.9 Å². The molecule has 6 heteroatoms. The second-order valence-electron chi connectivity index (χ2n) is 5.32. The van der Waals surface area contributed by atoms with Crippen LogP contribution in [0.4, 0.5) is 5.69 Å². The van der Waals surface area contributed by atoms with Crippen LogP contribution in [0.25, 0.3) is 0 Å². The molecule has 1 aliphatic rings. The summed E-state index contributed by atoms with van der Waals surface area (Å²) in [6.45, 7) is 5.70. The first-order valence-electron chi connectivity index (χ1n) is 7.02. The van der Waals surface area contributed by atoms with Gasteiger partial charge in [0, 0.05) is 6.04 Å². The number of phenolic OH excluding ortho intramolecular Hbond substituents is 1. The van der Waals surface area contributed by atoms with Crippen molar-refractivity contribution in [3.05, 3.63) is 17.7 Å². The van der Waals surface area contributed by atoms with Crippen LogP contribution in [0.1, 0.15) is 37.6 Å². The van der Waals surface area contributed by atoms with Crippen LogP contribution in [0.15, 0.2) is 12.1 Å². The molecule has 0 bridgehead atoms. The van der Waals surface area contributed by atoms with Gasteiger partial charge in [-0.3, -0.25) is 9.59 Å². The van der Waals surface area contributed by atoms with E-state index in [-0.39, 0.29) is 47.6 Å². The quantitative estimate of drug-likeness (QED) is 0.568. The van der Waals surface area contributed by atoms with E-state index in [4.69, 9.17) is 4.74 Å². The fraction of sp³-hybridized carbons (Fsp3) is 0.467. The van der Waals surface area contributed by atoms with Crippen LogP contribution in [0, 0.1) is 0 Å². The molecule has 3 N–H and O–H groups in total. The normalized spacial score (nSPS) is 15.1. The van der Waals surface area contributed by atoms with E-state index < -0.39 is 0 Å². The number of hydrogen-bond donors (Lipinski definition) is 3. The molecule has 114 valence electrons. The molecule has 0 aromatic heterocycles. The van der Waals surface area contributed by atoms with E-state index in [1.54, 1.807) is 0 Å². The van der Waals surface area contributed by atoms with Crippen molar-refractivity contribution < 1.29 is 19.4 Å². The second kappa shape index (κ2) is 6.13. The van der Waals surface area contributed by atoms with Gasteiger partial charge in [-0.15, -0.1) is 0 Å². The molecule has 1 atom stereocenters. The highest BCUT2D eigenvalue weighted by Crippen LogP contribution is 2.39. The van der Waals surface area contributed by atoms with Gasteiger partial charge in [-0.1, -0.05) is 20.8 Å². The lowest BCUT2D eigenvalue weighted by molar-refractivity contribution is -0.118. The average Bonchev–Trinajstić information content (AvgIpc) is 2.45. The molecule has 0 saturated carbocycles. The van der Waals surface area contributed by atoms with E-state index in [1.165, 1.54) is 12.1 Å². The standard InChI is InChI=1S/C15H20N2O4/c1-4-10(16-8(2)3)14(20)9-5-6-11(18)13-15(9)21-7-12(19)17-13/h5-6,8,10,16,18H,4,7H2,1-3H3,(H,17,19). The molecule has 0 radical (unpaired) electrons. The number of ether oxygens (including phenoxy) is 1. The van der Waals surface area contributed by atoms with Gasteiger partial charge in [-0.2, -0.15) is 0 Å². The second-order valence-corrected chi connectivity index (χ2v) is 5.32. The highest BCUT2D eigenvalue weighted by molar-refractivity contribution is 6.07. The maximum Gasteiger partial charge on any atom is 0.262 e. The number of rotatable bonds is 5. The highest BCUT2D eigenvalue weighted by atomic mass is 16.5. The van der Waals surface area contributed by atoms with Gasteiger partial charge in [-0.25, -0.2) is 0 Å². The third kappa shape index (κ3) is 3.16. The summed E-state index contributed by atoms with van der Waals surface area (Å²) in [5, 5.41) is 15.5. The molecule has 1 amide bonds. The Kier molecular flexibility index (Phi) is 4.47. The highest BCUT2D eigenvalue weighted by Gasteiger charge is 2.28. The van der Waals surface area contributed by atoms with E-state index >= 15 is 0 Å². The maximum absolute atomic E-state index is 12.6. The predicted molar refractivity (Wildman–Crippen MR) is 78.9 cm³/mol. The first-order chi connectivity index (χ1) is 9.93. The number of amides is 1. The molecule has 2 rings (SSSR count). The Morgan fingerprint density at radius 2 is 2.19 bits per heavy atom. The van der Waals surface area contributed by atoms with Gasteiger partial charge in [0.25, 0.3) is 5.91 Å². The van der Waals surface area contributed by atoms with Gasteiger partial charge in [0.1, 0.15) is 11.4 Å². The number of phenols is 1. The molecule has 1 aliphatic heterocycles. The summed E-state index contributed by atoms with van der Waals surface area (Å²) in [6, 6.07) is 2.76. The van der Waals surface area contributed by atoms with Crippen molar-refractivity contribution in [1.82, 2.24) is 5.32 Å². The Hall–Kier alpha value is -2.08. The third-order valence-electron chi connectivity index (χ3n) is 3.27. The van der Waals surface area contributed by atoms with E-state index in [2.05, 4.69) is 10.6 Å². The lowest BCUT2D eigenvalue weighted by Crippen LogP contribution is -2.40. The van der Waals surface area contributed by atoms with Crippen LogP contribution >= 0.6 is 0 Å². The number of aromatic hydroxyl groups is 1. The number of benzene rings is 1. The molecular formula is C15H20N2O4. The van der Waals surface area contributed by atoms with Crippen LogP contribution in [0.3, 0.4) is 0 Å². The molecule has 0 saturated heterocycles. The number of ketones is 1. The minimum Gasteiger partial charge on any atom is -0.506 e. The maximum atomic E-state index is 12.6. The monoisotopic (exact) mass is 292 g/mol. The predicted octanol–water partition coefficient (Wildman–Crippen LogP) is 1.68. The average molecular weight is 292 g/mol. The summed E-state index contributed by atoms with van der Waals surface area (Å²) >= 11 is 0. The van der Waals surface area contributed by atoms with Crippen LogP contribution < -0.4 is 15.4 Å². The van der Waals surface area contributed by atoms with E-state index in [0.29, 0.717) is 12.0 Å². The third-order valence-corrected chi connectivity index (χ3v) is 3.27. The van der Waals surface area contributed by atoms with Gasteiger partial charge >= 0.3 is 0 Å². The van der Waals surface area contributed by atoms with Crippen molar-refractivity contribution in [1.29, 1.82) is 0 Å². The zero-order valence-electron chi connectivity index (χ0n) is 12.4. The summed E-state index contributed by atoms with van der Waals surface area (Å²) in [5.41, 5.74) is 0.527. The zero-order chi connectivity index (χ0) is 15.6. The molecule has 1 aromatic carbocycles. The topological polar surface area (TPSA) is 87.7 Å². The van der Waals surface area contributed by atoms with Gasteiger partial charge in [0.05, 0.1) is 11.6 Å². The molecule has 1 aromatic rings. The number of anilines is 1. The molecule has 1 unspecified atom stereocenters. The van der Waals surface area contributed by atoms with E-state index in [1.807, 2.05) is 20.8 Å². The summed E-state index contributed by atoms with van der Waals surface area (Å²) in [5.74, 6) is -0.337. The SMILES string of the molecule is CCC(NC(C)C)C(=O)c1ccc(O)c2c1OCC(=O)N2. The zero-order valence-corrected chi connectivity index (χ0v) is 12.4. The van der Waals surface area contributed by atoms with Crippen molar-refractivity contribution in [3.8, 4) is 11.5 Å². The molecule has 0 spiro atoms. The van der Waals surface area contributed by atoms with Crippen molar-refractivity contribution in [2.45, 2.75) is 39.3 Å². The molecule has 1 heterocycles. The van der Waals surface area contributed by atoms with Gasteiger partial charge in [0.15, 0.2) is 18.1 Å². The van der Waals surface area contributed by atoms with Crippen LogP contribution in [-0.4, -0.2) is 35.5 Å². The lowest BCUT2D eigenvalue weighted by atomic mass is 9.99. The Labute approximate surface area is 123 Å². The van der Waals surface area contributed by atoms with Crippen LogP contribution in [-0.2, 0) is 4.79 Å². The summed E-state index contributed by atoms with van der Waals surface area (Å²) in [7, 11) is 0. The molecule has 0 aliphatic carbocycles. The minimum atomic E-state index is -0.352. The Balaban J connectivity index is 2.38. The lowest BCUT2D eigenvalue weighted by Gasteiger charge is -2.24. The molecule has 0 fully saturated rings. The number of hydrogen-bond acceptors (Lipinski definition) is 5. The van der Waals surface area contributed by atoms with Crippen molar-refractivity contribution >= 4 is 17.4 Å². The van der Waals surface area contributed by atoms with E-state index in [0.717, 1.165) is 0 Å². The van der Waals surface area contributed by atoms with Crippen molar-refractivity contribution in [3.63, 3.8) is 0 Å². The number of nitrogens with one attached hydrogen (secondary N) is 2. The van der Waals surface area contributed by atoms with Crippen LogP contribution in [0.5, 0.6) is 11.5 Å². The van der Waals surface area contributed by atoms with Crippen molar-refractivity contribution in [2.24, 2.45) is 0 Å². The smallest absolute Gasteiger partial charge is 0.262 e. The Morgan fingerprint density at radius 3 is 2.81 bits per heavy atom. The molecular weight excluding hydrogens is 272 g/mol. The summed E-state index contributed by atoms with van der Waals surface area (Å²) < 4.78 is 5.35. The first-order valence-corrected chi connectivity index (χ1v) is 7.02. The van der Waals surface area contributed by atoms with E-state index in [9.17, 15) is 14.7 Å². The number of carbonyl (C=O) groups excluding carboxylic acids is 2. The summed E-state index contributed by atoms with van der Waals surface area (Å²) in [4.78, 5) is 24.0. The number of fused-ring (bicyclic) bond motifs is 1. The summed E-state index contributed by atoms with van der Waals surface area (Å²) in [6.07, 6.45) is 0.638. The Morgan fingerprint density at radius 1 is 1.48 bits per heavy atom. The number of carbonyl (C=O) groups is 2. The van der Waals surface area contributed by atoms with Crippen LogP contribution in [0.2, 0.25) is 0 Å². The molecule has 21 heavy (non-hydrogen) atoms. The van der Waals surface area contributed by atoms with Gasteiger partial charge in [-0.05, 0) is 18.6 Å². The minimum absolute atomic E-state index is 0.112. The fourth-order valence-electron chi connectivity index (χ4n) is 2.32. The number of Topliss-reactive ketones (excluding diaryl/α,β-unsaturated/α-hetero) is 1.